The largest absolute Gasteiger partial charge is 0.420 e. The standard InChI is InChI=1S/C44H40F3N5/c1-25-48-26(2)50-41(49-25)27-21-38(51-34-15-11-9-13-30(34)32-19-17-28(23-36(32)51)42(3,4)5)40(44(45,46)47)39(22-27)52-35-16-12-10-14-31(35)33-20-18-29(24-37(33)52)43(6,7)8/h9-24H,1-8H3. The topological polar surface area (TPSA) is 48.5 Å². The number of aryl methyl sites for hydroxylation is 2. The summed E-state index contributed by atoms with van der Waals surface area (Å²) in [6, 6.07) is 30.8. The van der Waals surface area contributed by atoms with E-state index in [-0.39, 0.29) is 22.2 Å². The van der Waals surface area contributed by atoms with Crippen LogP contribution in [0.5, 0.6) is 0 Å². The normalized spacial score (nSPS) is 12.9. The zero-order valence-corrected chi connectivity index (χ0v) is 30.6. The van der Waals surface area contributed by atoms with Crippen LogP contribution in [-0.4, -0.2) is 24.1 Å². The Morgan fingerprint density at radius 1 is 0.481 bits per heavy atom. The molecule has 0 unspecified atom stereocenters. The Kier molecular flexibility index (Phi) is 7.44. The van der Waals surface area contributed by atoms with Crippen LogP contribution >= 0.6 is 0 Å². The van der Waals surface area contributed by atoms with E-state index in [1.54, 1.807) is 35.1 Å². The number of alkyl halides is 3. The second kappa shape index (κ2) is 11.5. The maximum atomic E-state index is 16.2. The van der Waals surface area contributed by atoms with Gasteiger partial charge in [-0.2, -0.15) is 13.2 Å². The van der Waals surface area contributed by atoms with E-state index in [0.29, 0.717) is 45.1 Å². The molecular formula is C44H40F3N5. The molecule has 0 saturated carbocycles. The van der Waals surface area contributed by atoms with Crippen LogP contribution in [0.15, 0.2) is 97.1 Å². The van der Waals surface area contributed by atoms with Gasteiger partial charge in [0, 0.05) is 27.1 Å². The van der Waals surface area contributed by atoms with Crippen molar-refractivity contribution in [2.75, 3.05) is 0 Å². The lowest BCUT2D eigenvalue weighted by Gasteiger charge is -2.24. The number of aromatic nitrogens is 5. The van der Waals surface area contributed by atoms with Crippen molar-refractivity contribution in [2.24, 2.45) is 0 Å². The Morgan fingerprint density at radius 2 is 0.885 bits per heavy atom. The lowest BCUT2D eigenvalue weighted by atomic mass is 9.86. The van der Waals surface area contributed by atoms with E-state index >= 15 is 13.2 Å². The van der Waals surface area contributed by atoms with Crippen molar-refractivity contribution in [1.29, 1.82) is 0 Å². The van der Waals surface area contributed by atoms with Crippen molar-refractivity contribution < 1.29 is 13.2 Å². The molecule has 8 aromatic rings. The zero-order valence-electron chi connectivity index (χ0n) is 30.6. The number of benzene rings is 5. The first-order chi connectivity index (χ1) is 24.5. The fraction of sp³-hybridized carbons (Fsp3) is 0.250. The molecule has 0 saturated heterocycles. The summed E-state index contributed by atoms with van der Waals surface area (Å²) >= 11 is 0. The molecule has 0 amide bonds. The lowest BCUT2D eigenvalue weighted by Crippen LogP contribution is -2.17. The van der Waals surface area contributed by atoms with Gasteiger partial charge in [-0.3, -0.25) is 0 Å². The monoisotopic (exact) mass is 695 g/mol. The van der Waals surface area contributed by atoms with Gasteiger partial charge in [-0.05, 0) is 72.2 Å². The molecule has 3 aromatic heterocycles. The highest BCUT2D eigenvalue weighted by atomic mass is 19.4. The molecular weight excluding hydrogens is 656 g/mol. The van der Waals surface area contributed by atoms with Crippen LogP contribution in [0.1, 0.15) is 69.9 Å². The van der Waals surface area contributed by atoms with Crippen molar-refractivity contribution in [1.82, 2.24) is 24.1 Å². The van der Waals surface area contributed by atoms with E-state index in [0.717, 1.165) is 32.7 Å². The Labute approximate surface area is 300 Å². The third-order valence-electron chi connectivity index (χ3n) is 10.1. The van der Waals surface area contributed by atoms with Crippen molar-refractivity contribution in [3.8, 4) is 22.8 Å². The second-order valence-corrected chi connectivity index (χ2v) is 15.8. The van der Waals surface area contributed by atoms with E-state index in [4.69, 9.17) is 0 Å². The van der Waals surface area contributed by atoms with Gasteiger partial charge in [-0.25, -0.2) is 15.0 Å². The molecule has 8 rings (SSSR count). The van der Waals surface area contributed by atoms with Crippen molar-refractivity contribution >= 4 is 43.6 Å². The van der Waals surface area contributed by atoms with Gasteiger partial charge in [0.15, 0.2) is 5.82 Å². The molecule has 0 bridgehead atoms. The molecule has 8 heteroatoms. The van der Waals surface area contributed by atoms with E-state index in [1.165, 1.54) is 0 Å². The smallest absolute Gasteiger partial charge is 0.309 e. The fourth-order valence-electron chi connectivity index (χ4n) is 7.52. The summed E-state index contributed by atoms with van der Waals surface area (Å²) in [4.78, 5) is 13.7. The highest BCUT2D eigenvalue weighted by Crippen LogP contribution is 2.46. The van der Waals surface area contributed by atoms with E-state index in [2.05, 4.69) is 68.6 Å². The van der Waals surface area contributed by atoms with Gasteiger partial charge in [-0.15, -0.1) is 0 Å². The van der Waals surface area contributed by atoms with Gasteiger partial charge in [-0.1, -0.05) is 102 Å². The molecule has 0 radical (unpaired) electrons. The number of para-hydroxylation sites is 2. The first kappa shape index (κ1) is 33.6. The minimum absolute atomic E-state index is 0.00545. The van der Waals surface area contributed by atoms with Gasteiger partial charge in [0.1, 0.15) is 17.2 Å². The van der Waals surface area contributed by atoms with Crippen molar-refractivity contribution in [2.45, 2.75) is 72.4 Å². The third kappa shape index (κ3) is 5.43. The number of hydrogen-bond donors (Lipinski definition) is 0. The number of halogens is 3. The Morgan fingerprint density at radius 3 is 1.29 bits per heavy atom. The molecule has 0 aliphatic heterocycles. The van der Waals surface area contributed by atoms with Gasteiger partial charge >= 0.3 is 6.18 Å². The van der Waals surface area contributed by atoms with Crippen LogP contribution in [-0.2, 0) is 17.0 Å². The molecule has 0 aliphatic carbocycles. The molecule has 0 aliphatic rings. The molecule has 0 atom stereocenters. The van der Waals surface area contributed by atoms with Crippen LogP contribution in [0.4, 0.5) is 13.2 Å². The van der Waals surface area contributed by atoms with E-state index < -0.39 is 11.7 Å². The fourth-order valence-corrected chi connectivity index (χ4v) is 7.52. The summed E-state index contributed by atoms with van der Waals surface area (Å²) < 4.78 is 52.2. The predicted molar refractivity (Wildman–Crippen MR) is 206 cm³/mol. The molecule has 52 heavy (non-hydrogen) atoms. The van der Waals surface area contributed by atoms with Crippen LogP contribution in [0.25, 0.3) is 66.4 Å². The number of nitrogens with zero attached hydrogens (tertiary/aromatic N) is 5. The number of fused-ring (bicyclic) bond motifs is 6. The predicted octanol–water partition coefficient (Wildman–Crippen LogP) is 12.0. The Bertz CT molecular complexity index is 2540. The minimum Gasteiger partial charge on any atom is -0.309 e. The van der Waals surface area contributed by atoms with Gasteiger partial charge < -0.3 is 9.13 Å². The Balaban J connectivity index is 1.61. The first-order valence-electron chi connectivity index (χ1n) is 17.5. The second-order valence-electron chi connectivity index (χ2n) is 15.8. The molecule has 5 aromatic carbocycles. The van der Waals surface area contributed by atoms with E-state index in [9.17, 15) is 0 Å². The zero-order chi connectivity index (χ0) is 36.9. The summed E-state index contributed by atoms with van der Waals surface area (Å²) in [5.41, 5.74) is 4.06. The highest BCUT2D eigenvalue weighted by molar-refractivity contribution is 6.11. The summed E-state index contributed by atoms with van der Waals surface area (Å²) in [6.07, 6.45) is -4.76. The highest BCUT2D eigenvalue weighted by Gasteiger charge is 2.40. The average molecular weight is 696 g/mol. The molecule has 3 heterocycles. The first-order valence-corrected chi connectivity index (χ1v) is 17.5. The quantitative estimate of drug-likeness (QED) is 0.185. The van der Waals surface area contributed by atoms with Crippen molar-refractivity contribution in [3.05, 3.63) is 125 Å². The molecule has 0 spiro atoms. The molecule has 0 N–H and O–H groups in total. The van der Waals surface area contributed by atoms with Gasteiger partial charge in [0.25, 0.3) is 0 Å². The summed E-state index contributed by atoms with van der Waals surface area (Å²) in [5.74, 6) is 1.29. The maximum Gasteiger partial charge on any atom is 0.420 e. The number of hydrogen-bond acceptors (Lipinski definition) is 3. The van der Waals surface area contributed by atoms with Crippen molar-refractivity contribution in [3.63, 3.8) is 0 Å². The summed E-state index contributed by atoms with van der Waals surface area (Å²) in [6.45, 7) is 16.2. The SMILES string of the molecule is Cc1nc(C)nc(-c2cc(-n3c4ccccc4c4ccc(C(C)(C)C)cc43)c(C(F)(F)F)c(-n3c4ccccc4c4ccc(C(C)(C)C)cc43)c2)n1. The molecule has 262 valence electrons. The molecule has 5 nitrogen and oxygen atoms in total. The van der Waals surface area contributed by atoms with Crippen LogP contribution in [0, 0.1) is 13.8 Å². The van der Waals surface area contributed by atoms with E-state index in [1.807, 2.05) is 72.8 Å². The lowest BCUT2D eigenvalue weighted by molar-refractivity contribution is -0.137. The van der Waals surface area contributed by atoms with Gasteiger partial charge in [0.2, 0.25) is 0 Å². The molecule has 0 fully saturated rings. The summed E-state index contributed by atoms with van der Waals surface area (Å²) in [7, 11) is 0. The maximum absolute atomic E-state index is 16.2. The van der Waals surface area contributed by atoms with Crippen LogP contribution in [0.3, 0.4) is 0 Å². The van der Waals surface area contributed by atoms with Crippen LogP contribution < -0.4 is 0 Å². The number of rotatable bonds is 3. The van der Waals surface area contributed by atoms with Crippen LogP contribution in [0.2, 0.25) is 0 Å². The Hall–Kier alpha value is -5.50. The summed E-state index contributed by atoms with van der Waals surface area (Å²) in [5, 5.41) is 3.50. The minimum atomic E-state index is -4.76. The average Bonchev–Trinajstić information content (AvgIpc) is 3.58. The van der Waals surface area contributed by atoms with Gasteiger partial charge in [0.05, 0.1) is 33.4 Å². The third-order valence-corrected chi connectivity index (χ3v) is 10.1.